The third-order valence-corrected chi connectivity index (χ3v) is 5.11. The summed E-state index contributed by atoms with van der Waals surface area (Å²) in [4.78, 5) is 5.01. The Balaban J connectivity index is 2.28. The van der Waals surface area contributed by atoms with E-state index >= 15 is 0 Å². The summed E-state index contributed by atoms with van der Waals surface area (Å²) in [7, 11) is -2.20. The molecule has 0 aliphatic rings. The van der Waals surface area contributed by atoms with Gasteiger partial charge in [0.15, 0.2) is 0 Å². The van der Waals surface area contributed by atoms with Crippen molar-refractivity contribution in [2.45, 2.75) is 14.8 Å². The van der Waals surface area contributed by atoms with Crippen LogP contribution in [0.25, 0.3) is 0 Å². The van der Waals surface area contributed by atoms with Gasteiger partial charge in [0.1, 0.15) is 9.92 Å². The number of hydrogen-bond donors (Lipinski definition) is 2. The molecule has 0 saturated heterocycles. The van der Waals surface area contributed by atoms with Crippen LogP contribution in [0.2, 0.25) is 5.02 Å². The molecule has 3 N–H and O–H groups in total. The van der Waals surface area contributed by atoms with Gasteiger partial charge in [-0.2, -0.15) is 0 Å². The summed E-state index contributed by atoms with van der Waals surface area (Å²) < 4.78 is 25.6. The fourth-order valence-corrected chi connectivity index (χ4v) is 3.24. The predicted octanol–water partition coefficient (Wildman–Crippen LogP) is 2.38. The van der Waals surface area contributed by atoms with Crippen molar-refractivity contribution >= 4 is 39.1 Å². The minimum Gasteiger partial charge on any atom is -0.398 e. The van der Waals surface area contributed by atoms with Gasteiger partial charge in [-0.05, 0) is 37.4 Å². The maximum atomic E-state index is 11.7. The van der Waals surface area contributed by atoms with Gasteiger partial charge in [0.2, 0.25) is 10.0 Å². The Labute approximate surface area is 126 Å². The number of sulfonamides is 1. The second-order valence-electron chi connectivity index (χ2n) is 3.82. The molecule has 8 heteroatoms. The average molecular weight is 330 g/mol. The molecular formula is C12H12ClN3O2S2. The third kappa shape index (κ3) is 3.43. The van der Waals surface area contributed by atoms with Gasteiger partial charge < -0.3 is 5.73 Å². The normalized spacial score (nSPS) is 11.5. The molecule has 0 bridgehead atoms. The van der Waals surface area contributed by atoms with Crippen LogP contribution in [-0.2, 0) is 10.0 Å². The van der Waals surface area contributed by atoms with E-state index in [9.17, 15) is 8.42 Å². The smallest absolute Gasteiger partial charge is 0.242 e. The molecular weight excluding hydrogens is 318 g/mol. The van der Waals surface area contributed by atoms with Crippen LogP contribution in [0, 0.1) is 0 Å². The van der Waals surface area contributed by atoms with Crippen molar-refractivity contribution in [1.82, 2.24) is 9.71 Å². The first-order chi connectivity index (χ1) is 9.42. The van der Waals surface area contributed by atoms with Crippen molar-refractivity contribution in [3.8, 4) is 0 Å². The molecule has 20 heavy (non-hydrogen) atoms. The topological polar surface area (TPSA) is 85.1 Å². The van der Waals surface area contributed by atoms with Crippen LogP contribution in [0.4, 0.5) is 5.69 Å². The molecule has 0 aliphatic carbocycles. The van der Waals surface area contributed by atoms with E-state index < -0.39 is 10.0 Å². The van der Waals surface area contributed by atoms with Crippen LogP contribution in [-0.4, -0.2) is 20.4 Å². The SMILES string of the molecule is CNS(=O)(=O)c1ccc(Sc2ccc(Cl)cn2)cc1N. The molecule has 0 fully saturated rings. The number of nitrogens with one attached hydrogen (secondary N) is 1. The molecule has 1 aromatic carbocycles. The lowest BCUT2D eigenvalue weighted by atomic mass is 10.3. The first kappa shape index (κ1) is 15.1. The lowest BCUT2D eigenvalue weighted by molar-refractivity contribution is 0.588. The number of nitrogen functional groups attached to an aromatic ring is 1. The van der Waals surface area contributed by atoms with Gasteiger partial charge in [-0.3, -0.25) is 0 Å². The summed E-state index contributed by atoms with van der Waals surface area (Å²) in [5.41, 5.74) is 5.98. The van der Waals surface area contributed by atoms with E-state index in [4.69, 9.17) is 17.3 Å². The van der Waals surface area contributed by atoms with Crippen molar-refractivity contribution < 1.29 is 8.42 Å². The van der Waals surface area contributed by atoms with Crippen molar-refractivity contribution in [2.24, 2.45) is 0 Å². The molecule has 0 saturated carbocycles. The zero-order valence-electron chi connectivity index (χ0n) is 10.5. The Bertz CT molecular complexity index is 718. The highest BCUT2D eigenvalue weighted by molar-refractivity contribution is 7.99. The van der Waals surface area contributed by atoms with Crippen LogP contribution in [0.15, 0.2) is 51.3 Å². The predicted molar refractivity (Wildman–Crippen MR) is 80.5 cm³/mol. The maximum Gasteiger partial charge on any atom is 0.242 e. The fourth-order valence-electron chi connectivity index (χ4n) is 1.49. The highest BCUT2D eigenvalue weighted by atomic mass is 35.5. The molecule has 0 amide bonds. The average Bonchev–Trinajstić information content (AvgIpc) is 2.41. The summed E-state index contributed by atoms with van der Waals surface area (Å²) in [6.45, 7) is 0. The summed E-state index contributed by atoms with van der Waals surface area (Å²) in [6, 6.07) is 8.27. The van der Waals surface area contributed by atoms with Gasteiger partial charge in [-0.1, -0.05) is 23.4 Å². The number of halogens is 1. The quantitative estimate of drug-likeness (QED) is 0.841. The number of anilines is 1. The van der Waals surface area contributed by atoms with Gasteiger partial charge in [0, 0.05) is 11.1 Å². The van der Waals surface area contributed by atoms with Gasteiger partial charge >= 0.3 is 0 Å². The van der Waals surface area contributed by atoms with Crippen LogP contribution < -0.4 is 10.5 Å². The van der Waals surface area contributed by atoms with E-state index in [1.54, 1.807) is 30.5 Å². The monoisotopic (exact) mass is 329 g/mol. The zero-order valence-corrected chi connectivity index (χ0v) is 12.9. The fraction of sp³-hybridized carbons (Fsp3) is 0.0833. The summed E-state index contributed by atoms with van der Waals surface area (Å²) in [5, 5.41) is 1.31. The Morgan fingerprint density at radius 1 is 1.30 bits per heavy atom. The molecule has 5 nitrogen and oxygen atoms in total. The van der Waals surface area contributed by atoms with Gasteiger partial charge in [-0.15, -0.1) is 0 Å². The van der Waals surface area contributed by atoms with Gasteiger partial charge in [0.25, 0.3) is 0 Å². The number of hydrogen-bond acceptors (Lipinski definition) is 5. The van der Waals surface area contributed by atoms with Gasteiger partial charge in [0.05, 0.1) is 10.7 Å². The molecule has 2 rings (SSSR count). The van der Waals surface area contributed by atoms with Crippen molar-refractivity contribution in [2.75, 3.05) is 12.8 Å². The largest absolute Gasteiger partial charge is 0.398 e. The number of aromatic nitrogens is 1. The number of nitrogens with zero attached hydrogens (tertiary/aromatic N) is 1. The lowest BCUT2D eigenvalue weighted by Crippen LogP contribution is -2.19. The summed E-state index contributed by atoms with van der Waals surface area (Å²) in [5.74, 6) is 0. The Morgan fingerprint density at radius 2 is 2.05 bits per heavy atom. The van der Waals surface area contributed by atoms with Crippen LogP contribution in [0.1, 0.15) is 0 Å². The molecule has 0 radical (unpaired) electrons. The van der Waals surface area contributed by atoms with E-state index in [2.05, 4.69) is 9.71 Å². The highest BCUT2D eigenvalue weighted by Crippen LogP contribution is 2.30. The first-order valence-electron chi connectivity index (χ1n) is 5.55. The van der Waals surface area contributed by atoms with E-state index in [1.807, 2.05) is 0 Å². The summed E-state index contributed by atoms with van der Waals surface area (Å²) in [6.07, 6.45) is 1.55. The van der Waals surface area contributed by atoms with Crippen molar-refractivity contribution in [3.05, 3.63) is 41.6 Å². The van der Waals surface area contributed by atoms with Crippen molar-refractivity contribution in [1.29, 1.82) is 0 Å². The minimum absolute atomic E-state index is 0.0633. The van der Waals surface area contributed by atoms with E-state index in [-0.39, 0.29) is 10.6 Å². The van der Waals surface area contributed by atoms with Crippen LogP contribution >= 0.6 is 23.4 Å². The number of benzene rings is 1. The maximum absolute atomic E-state index is 11.7. The number of rotatable bonds is 4. The molecule has 0 aliphatic heterocycles. The number of pyridine rings is 1. The van der Waals surface area contributed by atoms with Crippen LogP contribution in [0.5, 0.6) is 0 Å². The van der Waals surface area contributed by atoms with Gasteiger partial charge in [-0.25, -0.2) is 18.1 Å². The second kappa shape index (κ2) is 6.01. The molecule has 106 valence electrons. The Hall–Kier alpha value is -1.28. The highest BCUT2D eigenvalue weighted by Gasteiger charge is 2.15. The second-order valence-corrected chi connectivity index (χ2v) is 7.21. The molecule has 2 aromatic rings. The van der Waals surface area contributed by atoms with E-state index in [0.717, 1.165) is 9.92 Å². The minimum atomic E-state index is -3.54. The van der Waals surface area contributed by atoms with E-state index in [1.165, 1.54) is 24.9 Å². The lowest BCUT2D eigenvalue weighted by Gasteiger charge is -2.08. The third-order valence-electron chi connectivity index (χ3n) is 2.46. The van der Waals surface area contributed by atoms with E-state index in [0.29, 0.717) is 5.02 Å². The molecule has 0 unspecified atom stereocenters. The molecule has 0 spiro atoms. The summed E-state index contributed by atoms with van der Waals surface area (Å²) >= 11 is 7.13. The first-order valence-corrected chi connectivity index (χ1v) is 8.22. The molecule has 1 aromatic heterocycles. The molecule has 0 atom stereocenters. The van der Waals surface area contributed by atoms with Crippen LogP contribution in [0.3, 0.4) is 0 Å². The Morgan fingerprint density at radius 3 is 2.60 bits per heavy atom. The van der Waals surface area contributed by atoms with Crippen molar-refractivity contribution in [3.63, 3.8) is 0 Å². The number of nitrogens with two attached hydrogens (primary N) is 1. The zero-order chi connectivity index (χ0) is 14.8. The Kier molecular flexibility index (Phi) is 4.54. The standard InChI is InChI=1S/C12H12ClN3O2S2/c1-15-20(17,18)11-4-3-9(6-10(11)14)19-12-5-2-8(13)7-16-12/h2-7,15H,14H2,1H3. The molecule has 1 heterocycles.